The zero-order valence-corrected chi connectivity index (χ0v) is 13.3. The molecule has 0 fully saturated rings. The molecule has 0 aliphatic heterocycles. The number of halogens is 1. The number of ether oxygens (including phenoxy) is 3. The van der Waals surface area contributed by atoms with E-state index in [1.807, 2.05) is 25.1 Å². The summed E-state index contributed by atoms with van der Waals surface area (Å²) in [6, 6.07) is 12.7. The normalized spacial score (nSPS) is 11.6. The van der Waals surface area contributed by atoms with E-state index in [2.05, 4.69) is 0 Å². The second-order valence-corrected chi connectivity index (χ2v) is 5.16. The molecule has 5 nitrogen and oxygen atoms in total. The third-order valence-corrected chi connectivity index (χ3v) is 3.13. The van der Waals surface area contributed by atoms with Crippen LogP contribution in [0.2, 0.25) is 0 Å². The summed E-state index contributed by atoms with van der Waals surface area (Å²) in [6.45, 7) is 1.39. The molecule has 2 aromatic rings. The molecule has 0 aromatic heterocycles. The van der Waals surface area contributed by atoms with Crippen LogP contribution in [-0.2, 0) is 9.53 Å². The van der Waals surface area contributed by atoms with E-state index in [0.717, 1.165) is 5.56 Å². The quantitative estimate of drug-likeness (QED) is 0.752. The predicted octanol–water partition coefficient (Wildman–Crippen LogP) is 2.50. The smallest absolute Gasteiger partial charge is 0.344 e. The molecule has 24 heavy (non-hydrogen) atoms. The molecule has 128 valence electrons. The first-order valence-corrected chi connectivity index (χ1v) is 7.45. The molecule has 0 heterocycles. The third kappa shape index (κ3) is 5.89. The summed E-state index contributed by atoms with van der Waals surface area (Å²) in [5.74, 6) is 0.00951. The van der Waals surface area contributed by atoms with Crippen LogP contribution in [0.25, 0.3) is 0 Å². The first-order valence-electron chi connectivity index (χ1n) is 7.45. The minimum absolute atomic E-state index is 0.0109. The summed E-state index contributed by atoms with van der Waals surface area (Å²) < 4.78 is 28.2. The van der Waals surface area contributed by atoms with Gasteiger partial charge in [-0.3, -0.25) is 0 Å². The van der Waals surface area contributed by atoms with E-state index in [1.54, 1.807) is 6.07 Å². The first kappa shape index (κ1) is 17.7. The molecule has 0 saturated carbocycles. The van der Waals surface area contributed by atoms with Crippen molar-refractivity contribution in [2.45, 2.75) is 13.0 Å². The van der Waals surface area contributed by atoms with Crippen LogP contribution in [0, 0.1) is 12.7 Å². The predicted molar refractivity (Wildman–Crippen MR) is 85.5 cm³/mol. The lowest BCUT2D eigenvalue weighted by Crippen LogP contribution is -2.27. The summed E-state index contributed by atoms with van der Waals surface area (Å²) in [6.07, 6.45) is -0.945. The van der Waals surface area contributed by atoms with Crippen molar-refractivity contribution in [3.05, 3.63) is 59.9 Å². The summed E-state index contributed by atoms with van der Waals surface area (Å²) in [5, 5.41) is 9.78. The molecule has 1 N–H and O–H groups in total. The van der Waals surface area contributed by atoms with Crippen LogP contribution in [-0.4, -0.2) is 37.0 Å². The van der Waals surface area contributed by atoms with E-state index < -0.39 is 12.1 Å². The van der Waals surface area contributed by atoms with Gasteiger partial charge >= 0.3 is 5.97 Å². The number of carbonyl (C=O) groups is 1. The van der Waals surface area contributed by atoms with Crippen LogP contribution in [0.5, 0.6) is 11.5 Å². The number of benzene rings is 2. The highest BCUT2D eigenvalue weighted by atomic mass is 19.1. The second kappa shape index (κ2) is 8.88. The maximum atomic E-state index is 12.7. The maximum absolute atomic E-state index is 12.7. The molecule has 0 saturated heterocycles. The van der Waals surface area contributed by atoms with E-state index in [4.69, 9.17) is 14.2 Å². The lowest BCUT2D eigenvalue weighted by atomic mass is 10.2. The van der Waals surface area contributed by atoms with Gasteiger partial charge in [-0.2, -0.15) is 0 Å². The Morgan fingerprint density at radius 2 is 1.79 bits per heavy atom. The van der Waals surface area contributed by atoms with Crippen molar-refractivity contribution in [3.8, 4) is 11.5 Å². The Bertz CT molecular complexity index is 657. The van der Waals surface area contributed by atoms with Gasteiger partial charge in [0.15, 0.2) is 6.61 Å². The van der Waals surface area contributed by atoms with Gasteiger partial charge in [0.1, 0.15) is 36.6 Å². The van der Waals surface area contributed by atoms with Crippen molar-refractivity contribution >= 4 is 5.97 Å². The summed E-state index contributed by atoms with van der Waals surface area (Å²) >= 11 is 0. The number of hydrogen-bond acceptors (Lipinski definition) is 5. The minimum atomic E-state index is -0.945. The van der Waals surface area contributed by atoms with E-state index in [9.17, 15) is 14.3 Å². The molecule has 0 amide bonds. The van der Waals surface area contributed by atoms with Gasteiger partial charge in [0.05, 0.1) is 0 Å². The van der Waals surface area contributed by atoms with E-state index in [-0.39, 0.29) is 25.6 Å². The van der Waals surface area contributed by atoms with Crippen LogP contribution in [0.15, 0.2) is 48.5 Å². The third-order valence-electron chi connectivity index (χ3n) is 3.13. The van der Waals surface area contributed by atoms with Crippen LogP contribution in [0.4, 0.5) is 4.39 Å². The number of aliphatic hydroxyl groups excluding tert-OH is 1. The molecule has 2 rings (SSSR count). The van der Waals surface area contributed by atoms with Crippen molar-refractivity contribution in [1.29, 1.82) is 0 Å². The standard InChI is InChI=1S/C18H19FO5/c1-13-4-2-3-5-17(13)23-10-15(20)11-24-18(21)12-22-16-8-6-14(19)7-9-16/h2-9,15,20H,10-12H2,1H3/t15-/m1/s1. The second-order valence-electron chi connectivity index (χ2n) is 5.16. The zero-order chi connectivity index (χ0) is 17.4. The summed E-state index contributed by atoms with van der Waals surface area (Å²) in [4.78, 5) is 11.5. The fraction of sp³-hybridized carbons (Fsp3) is 0.278. The Balaban J connectivity index is 1.65. The van der Waals surface area contributed by atoms with Gasteiger partial charge < -0.3 is 19.3 Å². The molecular weight excluding hydrogens is 315 g/mol. The van der Waals surface area contributed by atoms with Gasteiger partial charge in [-0.1, -0.05) is 18.2 Å². The van der Waals surface area contributed by atoms with Gasteiger partial charge in [0, 0.05) is 0 Å². The summed E-state index contributed by atoms with van der Waals surface area (Å²) in [7, 11) is 0. The average Bonchev–Trinajstić information content (AvgIpc) is 2.58. The van der Waals surface area contributed by atoms with Crippen molar-refractivity contribution in [2.75, 3.05) is 19.8 Å². The molecule has 6 heteroatoms. The van der Waals surface area contributed by atoms with Crippen molar-refractivity contribution in [1.82, 2.24) is 0 Å². The zero-order valence-electron chi connectivity index (χ0n) is 13.3. The van der Waals surface area contributed by atoms with Crippen LogP contribution in [0.3, 0.4) is 0 Å². The fourth-order valence-corrected chi connectivity index (χ4v) is 1.86. The fourth-order valence-electron chi connectivity index (χ4n) is 1.86. The Morgan fingerprint density at radius 1 is 1.08 bits per heavy atom. The monoisotopic (exact) mass is 334 g/mol. The highest BCUT2D eigenvalue weighted by Gasteiger charge is 2.11. The lowest BCUT2D eigenvalue weighted by Gasteiger charge is -2.14. The largest absolute Gasteiger partial charge is 0.490 e. The van der Waals surface area contributed by atoms with Crippen LogP contribution < -0.4 is 9.47 Å². The number of rotatable bonds is 8. The lowest BCUT2D eigenvalue weighted by molar-refractivity contribution is -0.149. The maximum Gasteiger partial charge on any atom is 0.344 e. The van der Waals surface area contributed by atoms with Gasteiger partial charge in [0.25, 0.3) is 0 Å². The molecule has 0 bridgehead atoms. The van der Waals surface area contributed by atoms with Gasteiger partial charge in [0.2, 0.25) is 0 Å². The number of carbonyl (C=O) groups excluding carboxylic acids is 1. The minimum Gasteiger partial charge on any atom is -0.490 e. The highest BCUT2D eigenvalue weighted by Crippen LogP contribution is 2.16. The topological polar surface area (TPSA) is 65.0 Å². The number of aryl methyl sites for hydroxylation is 1. The average molecular weight is 334 g/mol. The summed E-state index contributed by atoms with van der Waals surface area (Å²) in [5.41, 5.74) is 0.953. The first-order chi connectivity index (χ1) is 11.5. The van der Waals surface area contributed by atoms with Gasteiger partial charge in [-0.05, 0) is 42.8 Å². The number of hydrogen-bond donors (Lipinski definition) is 1. The van der Waals surface area contributed by atoms with Crippen molar-refractivity contribution in [3.63, 3.8) is 0 Å². The molecular formula is C18H19FO5. The SMILES string of the molecule is Cc1ccccc1OC[C@@H](O)COC(=O)COc1ccc(F)cc1. The number of para-hydroxylation sites is 1. The molecule has 0 spiro atoms. The number of aliphatic hydroxyl groups is 1. The molecule has 0 aliphatic carbocycles. The molecule has 0 unspecified atom stereocenters. The van der Waals surface area contributed by atoms with Gasteiger partial charge in [-0.25, -0.2) is 9.18 Å². The van der Waals surface area contributed by atoms with Gasteiger partial charge in [-0.15, -0.1) is 0 Å². The Hall–Kier alpha value is -2.60. The molecule has 1 atom stereocenters. The molecule has 2 aromatic carbocycles. The van der Waals surface area contributed by atoms with Crippen molar-refractivity contribution < 1.29 is 28.5 Å². The van der Waals surface area contributed by atoms with Crippen LogP contribution >= 0.6 is 0 Å². The van der Waals surface area contributed by atoms with E-state index in [0.29, 0.717) is 11.5 Å². The molecule has 0 radical (unpaired) electrons. The van der Waals surface area contributed by atoms with Crippen LogP contribution in [0.1, 0.15) is 5.56 Å². The number of esters is 1. The van der Waals surface area contributed by atoms with E-state index in [1.165, 1.54) is 24.3 Å². The molecule has 0 aliphatic rings. The Morgan fingerprint density at radius 3 is 2.50 bits per heavy atom. The van der Waals surface area contributed by atoms with E-state index >= 15 is 0 Å². The Labute approximate surface area is 139 Å². The highest BCUT2D eigenvalue weighted by molar-refractivity contribution is 5.71. The van der Waals surface area contributed by atoms with Crippen molar-refractivity contribution in [2.24, 2.45) is 0 Å². The Kier molecular flexibility index (Phi) is 6.57.